The number of esters is 1. The molecule has 0 saturated heterocycles. The molecule has 72 valence electrons. The van der Waals surface area contributed by atoms with Gasteiger partial charge in [-0.1, -0.05) is 0 Å². The third-order valence-electron chi connectivity index (χ3n) is 1.41. The highest BCUT2D eigenvalue weighted by molar-refractivity contribution is 5.76. The van der Waals surface area contributed by atoms with Crippen molar-refractivity contribution in [3.8, 4) is 0 Å². The van der Waals surface area contributed by atoms with Gasteiger partial charge in [0.1, 0.15) is 12.1 Å². The van der Waals surface area contributed by atoms with Crippen LogP contribution in [0.5, 0.6) is 0 Å². The molecule has 0 spiro atoms. The zero-order chi connectivity index (χ0) is 10.3. The number of aliphatic hydroxyl groups excluding tert-OH is 2. The molecule has 0 aliphatic rings. The Labute approximate surface area is 72.8 Å². The van der Waals surface area contributed by atoms with Crippen molar-refractivity contribution in [3.63, 3.8) is 0 Å². The van der Waals surface area contributed by atoms with E-state index in [4.69, 9.17) is 1.43 Å². The van der Waals surface area contributed by atoms with E-state index in [0.717, 1.165) is 0 Å². The van der Waals surface area contributed by atoms with Crippen LogP contribution in [-0.4, -0.2) is 50.0 Å². The summed E-state index contributed by atoms with van der Waals surface area (Å²) in [7, 11) is 1.52. The molecule has 5 heteroatoms. The molecule has 0 aromatic rings. The Hall–Kier alpha value is -0.650. The van der Waals surface area contributed by atoms with Crippen molar-refractivity contribution in [1.82, 2.24) is 5.32 Å². The van der Waals surface area contributed by atoms with Gasteiger partial charge in [-0.25, -0.2) is 0 Å². The van der Waals surface area contributed by atoms with E-state index in [0.29, 0.717) is 0 Å². The van der Waals surface area contributed by atoms with Crippen molar-refractivity contribution in [1.29, 1.82) is 1.43 Å². The second-order valence-corrected chi connectivity index (χ2v) is 2.25. The van der Waals surface area contributed by atoms with Crippen LogP contribution in [-0.2, 0) is 9.53 Å². The van der Waals surface area contributed by atoms with Gasteiger partial charge in [0, 0.05) is 0 Å². The maximum Gasteiger partial charge on any atom is 0.325 e. The highest BCUT2D eigenvalue weighted by Gasteiger charge is 2.25. The standard InChI is InChI=1S/C7H15NO4/c1-3-12-7(11)6(8-2)5(10)4-9/h5-6,8-10H,3-4H2,1-2H3/t5?,6-/m0/s1/i9T. The van der Waals surface area contributed by atoms with Crippen LogP contribution in [0, 0.1) is 0 Å². The number of ether oxygens (including phenoxy) is 1. The number of likely N-dealkylation sites (N-methyl/N-ethyl adjacent to an activating group) is 1. The third kappa shape index (κ3) is 3.17. The Bertz CT molecular complexity index is 155. The quantitative estimate of drug-likeness (QED) is 0.432. The van der Waals surface area contributed by atoms with Gasteiger partial charge in [-0.15, -0.1) is 0 Å². The van der Waals surface area contributed by atoms with Gasteiger partial charge in [-0.2, -0.15) is 0 Å². The molecule has 0 heterocycles. The Morgan fingerprint density at radius 1 is 1.83 bits per heavy atom. The van der Waals surface area contributed by atoms with Crippen molar-refractivity contribution in [2.45, 2.75) is 19.1 Å². The predicted molar refractivity (Wildman–Crippen MR) is 42.6 cm³/mol. The molecular formula is C7H15NO4. The fourth-order valence-electron chi connectivity index (χ4n) is 0.796. The first-order chi connectivity index (χ1) is 6.17. The van der Waals surface area contributed by atoms with Gasteiger partial charge in [0.15, 0.2) is 0 Å². The van der Waals surface area contributed by atoms with E-state index in [1.807, 2.05) is 0 Å². The van der Waals surface area contributed by atoms with E-state index in [1.165, 1.54) is 7.05 Å². The summed E-state index contributed by atoms with van der Waals surface area (Å²) in [6.45, 7) is 1.70. The van der Waals surface area contributed by atoms with Crippen molar-refractivity contribution >= 4 is 5.97 Å². The minimum absolute atomic E-state index is 0.232. The number of rotatable bonds is 6. The molecule has 0 aliphatic heterocycles. The Morgan fingerprint density at radius 3 is 2.92 bits per heavy atom. The van der Waals surface area contributed by atoms with Gasteiger partial charge in [0.25, 0.3) is 0 Å². The summed E-state index contributed by atoms with van der Waals surface area (Å²) in [5, 5.41) is 15.8. The second-order valence-electron chi connectivity index (χ2n) is 2.25. The molecule has 0 aliphatic carbocycles. The van der Waals surface area contributed by atoms with Crippen molar-refractivity contribution < 1.29 is 19.7 Å². The SMILES string of the molecule is [3H]OCC(O)[C@H](NC)C(=O)OCC. The summed E-state index contributed by atoms with van der Waals surface area (Å²) in [5.41, 5.74) is 0. The Kier molecular flexibility index (Phi) is 4.67. The van der Waals surface area contributed by atoms with Gasteiger partial charge in [0.05, 0.1) is 13.2 Å². The molecule has 2 atom stereocenters. The lowest BCUT2D eigenvalue weighted by molar-refractivity contribution is -0.149. The predicted octanol–water partition coefficient (Wildman–Crippen LogP) is -1.51. The van der Waals surface area contributed by atoms with Gasteiger partial charge < -0.3 is 20.3 Å². The zero-order valence-corrected chi connectivity index (χ0v) is 7.24. The molecule has 0 radical (unpaired) electrons. The normalized spacial score (nSPS) is 16.4. The number of nitrogens with one attached hydrogen (secondary N) is 1. The van der Waals surface area contributed by atoms with Crippen LogP contribution in [0.1, 0.15) is 6.92 Å². The van der Waals surface area contributed by atoms with Crippen LogP contribution in [0.25, 0.3) is 0 Å². The molecule has 0 fully saturated rings. The smallest absolute Gasteiger partial charge is 0.325 e. The Morgan fingerprint density at radius 2 is 2.50 bits per heavy atom. The average molecular weight is 179 g/mol. The molecule has 0 aromatic heterocycles. The zero-order valence-electron chi connectivity index (χ0n) is 8.24. The fourth-order valence-corrected chi connectivity index (χ4v) is 0.796. The molecule has 0 bridgehead atoms. The molecule has 0 amide bonds. The summed E-state index contributed by atoms with van der Waals surface area (Å²) >= 11 is 0. The van der Waals surface area contributed by atoms with Crippen molar-refractivity contribution in [2.24, 2.45) is 0 Å². The van der Waals surface area contributed by atoms with E-state index in [1.54, 1.807) is 6.92 Å². The summed E-state index contributed by atoms with van der Waals surface area (Å²) in [6, 6.07) is -0.842. The maximum absolute atomic E-state index is 11.1. The summed E-state index contributed by atoms with van der Waals surface area (Å²) in [6.07, 6.45) is -1.07. The summed E-state index contributed by atoms with van der Waals surface area (Å²) in [5.74, 6) is -0.547. The number of aliphatic hydroxyl groups is 2. The van der Waals surface area contributed by atoms with Crippen LogP contribution in [0.4, 0.5) is 0 Å². The van der Waals surface area contributed by atoms with Crippen molar-refractivity contribution in [2.75, 3.05) is 20.3 Å². The van der Waals surface area contributed by atoms with E-state index >= 15 is 0 Å². The lowest BCUT2D eigenvalue weighted by Gasteiger charge is -2.18. The second kappa shape index (κ2) is 5.93. The van der Waals surface area contributed by atoms with E-state index in [-0.39, 0.29) is 13.2 Å². The number of hydrogen-bond acceptors (Lipinski definition) is 5. The first-order valence-electron chi connectivity index (χ1n) is 4.18. The van der Waals surface area contributed by atoms with E-state index < -0.39 is 18.1 Å². The number of hydrogen-bond donors (Lipinski definition) is 3. The fraction of sp³-hybridized carbons (Fsp3) is 0.857. The highest BCUT2D eigenvalue weighted by atomic mass is 16.5. The molecule has 0 saturated carbocycles. The lowest BCUT2D eigenvalue weighted by atomic mass is 10.2. The third-order valence-corrected chi connectivity index (χ3v) is 1.41. The van der Waals surface area contributed by atoms with Crippen LogP contribution < -0.4 is 5.32 Å². The first kappa shape index (κ1) is 9.44. The first-order valence-corrected chi connectivity index (χ1v) is 3.77. The molecule has 12 heavy (non-hydrogen) atoms. The van der Waals surface area contributed by atoms with Crippen LogP contribution in [0.15, 0.2) is 0 Å². The maximum atomic E-state index is 11.1. The largest absolute Gasteiger partial charge is 0.465 e. The molecule has 3 N–H and O–H groups in total. The van der Waals surface area contributed by atoms with Crippen molar-refractivity contribution in [3.05, 3.63) is 0 Å². The monoisotopic (exact) mass is 179 g/mol. The number of carbonyl (C=O) groups is 1. The van der Waals surface area contributed by atoms with Gasteiger partial charge in [-0.3, -0.25) is 4.79 Å². The molecule has 0 aromatic carbocycles. The lowest BCUT2D eigenvalue weighted by Crippen LogP contribution is -2.46. The molecule has 5 nitrogen and oxygen atoms in total. The van der Waals surface area contributed by atoms with E-state index in [9.17, 15) is 9.90 Å². The molecule has 0 rings (SSSR count). The highest BCUT2D eigenvalue weighted by Crippen LogP contribution is 1.95. The Balaban J connectivity index is 4.06. The van der Waals surface area contributed by atoms with Gasteiger partial charge in [0.2, 0.25) is 1.43 Å². The van der Waals surface area contributed by atoms with Crippen LogP contribution in [0.2, 0.25) is 0 Å². The minimum atomic E-state index is -1.07. The van der Waals surface area contributed by atoms with Crippen LogP contribution >= 0.6 is 0 Å². The van der Waals surface area contributed by atoms with Gasteiger partial charge >= 0.3 is 5.97 Å². The summed E-state index contributed by atoms with van der Waals surface area (Å²) < 4.78 is 11.1. The minimum Gasteiger partial charge on any atom is -0.465 e. The molecule has 1 unspecified atom stereocenters. The van der Waals surface area contributed by atoms with Crippen LogP contribution in [0.3, 0.4) is 0 Å². The van der Waals surface area contributed by atoms with E-state index in [2.05, 4.69) is 15.2 Å². The topological polar surface area (TPSA) is 78.8 Å². The molecular weight excluding hydrogens is 162 g/mol. The number of carbonyl (C=O) groups excluding carboxylic acids is 1. The van der Waals surface area contributed by atoms with Gasteiger partial charge in [-0.05, 0) is 14.0 Å². The summed E-state index contributed by atoms with van der Waals surface area (Å²) in [4.78, 5) is 11.1. The average Bonchev–Trinajstić information content (AvgIpc) is 2.06.